The van der Waals surface area contributed by atoms with Gasteiger partial charge in [-0.2, -0.15) is 0 Å². The van der Waals surface area contributed by atoms with Crippen molar-refractivity contribution in [3.05, 3.63) is 89.6 Å². The Kier molecular flexibility index (Phi) is 6.67. The van der Waals surface area contributed by atoms with Crippen LogP contribution >= 0.6 is 0 Å². The van der Waals surface area contributed by atoms with Crippen molar-refractivity contribution >= 4 is 11.8 Å². The number of likely N-dealkylation sites (tertiary alicyclic amines) is 1. The number of piperidine rings is 1. The first-order valence-corrected chi connectivity index (χ1v) is 12.1. The average molecular weight is 455 g/mol. The van der Waals surface area contributed by atoms with Crippen molar-refractivity contribution in [3.63, 3.8) is 0 Å². The highest BCUT2D eigenvalue weighted by molar-refractivity contribution is 5.96. The first-order chi connectivity index (χ1) is 16.6. The summed E-state index contributed by atoms with van der Waals surface area (Å²) in [4.78, 5) is 32.0. The molecule has 0 unspecified atom stereocenters. The van der Waals surface area contributed by atoms with Crippen LogP contribution in [0, 0.1) is 0 Å². The Hall–Kier alpha value is -3.51. The van der Waals surface area contributed by atoms with Gasteiger partial charge in [0.2, 0.25) is 0 Å². The summed E-state index contributed by atoms with van der Waals surface area (Å²) in [5.74, 6) is -0.101. The molecule has 1 aliphatic heterocycles. The largest absolute Gasteiger partial charge is 0.349 e. The van der Waals surface area contributed by atoms with E-state index in [4.69, 9.17) is 0 Å². The summed E-state index contributed by atoms with van der Waals surface area (Å²) in [5.41, 5.74) is 4.17. The van der Waals surface area contributed by atoms with Crippen LogP contribution in [0.1, 0.15) is 52.0 Å². The van der Waals surface area contributed by atoms with Gasteiger partial charge in [0.1, 0.15) is 0 Å². The Labute approximate surface area is 200 Å². The molecule has 2 aliphatic rings. The minimum Gasteiger partial charge on any atom is -0.349 e. The second-order valence-corrected chi connectivity index (χ2v) is 9.26. The van der Waals surface area contributed by atoms with E-state index in [1.54, 1.807) is 12.3 Å². The standard InChI is InChI=1S/C28H30N4O2/c33-27(30-24-10-11-24)22-8-6-21(7-9-22)26-18-23(12-15-29-26)28(34)31-25-13-16-32(17-14-25)19-20-4-2-1-3-5-20/h1-9,12,15,18,24-25H,10-11,13-14,16-17,19H2,(H,30,33)(H,31,34). The molecule has 1 saturated carbocycles. The number of nitrogens with zero attached hydrogens (tertiary/aromatic N) is 2. The van der Waals surface area contributed by atoms with Crippen LogP contribution < -0.4 is 10.6 Å². The molecule has 2 amide bonds. The zero-order valence-electron chi connectivity index (χ0n) is 19.2. The topological polar surface area (TPSA) is 74.3 Å². The Bertz CT molecular complexity index is 1130. The maximum absolute atomic E-state index is 12.9. The van der Waals surface area contributed by atoms with Gasteiger partial charge in [-0.3, -0.25) is 19.5 Å². The van der Waals surface area contributed by atoms with Crippen LogP contribution in [0.25, 0.3) is 11.3 Å². The van der Waals surface area contributed by atoms with E-state index < -0.39 is 0 Å². The van der Waals surface area contributed by atoms with Crippen LogP contribution in [0.3, 0.4) is 0 Å². The molecule has 3 aromatic rings. The number of carbonyl (C=O) groups excluding carboxylic acids is 2. The Balaban J connectivity index is 1.16. The summed E-state index contributed by atoms with van der Waals surface area (Å²) in [6.07, 6.45) is 5.69. The molecule has 6 heteroatoms. The van der Waals surface area contributed by atoms with Gasteiger partial charge in [0, 0.05) is 54.6 Å². The Morgan fingerprint density at radius 3 is 2.12 bits per heavy atom. The molecule has 0 atom stereocenters. The van der Waals surface area contributed by atoms with Gasteiger partial charge in [0.25, 0.3) is 11.8 Å². The lowest BCUT2D eigenvalue weighted by atomic mass is 10.0. The molecule has 2 aromatic carbocycles. The number of benzene rings is 2. The molecule has 1 saturated heterocycles. The molecular weight excluding hydrogens is 424 g/mol. The smallest absolute Gasteiger partial charge is 0.251 e. The lowest BCUT2D eigenvalue weighted by Gasteiger charge is -2.32. The van der Waals surface area contributed by atoms with Gasteiger partial charge < -0.3 is 10.6 Å². The first kappa shape index (κ1) is 22.3. The SMILES string of the molecule is O=C(NC1CC1)c1ccc(-c2cc(C(=O)NC3CCN(Cc4ccccc4)CC3)ccn2)cc1. The van der Waals surface area contributed by atoms with E-state index in [0.29, 0.717) is 17.2 Å². The molecule has 0 bridgehead atoms. The van der Waals surface area contributed by atoms with Crippen molar-refractivity contribution in [2.45, 2.75) is 44.3 Å². The highest BCUT2D eigenvalue weighted by Crippen LogP contribution is 2.22. The Morgan fingerprint density at radius 2 is 1.44 bits per heavy atom. The first-order valence-electron chi connectivity index (χ1n) is 12.1. The fourth-order valence-electron chi connectivity index (χ4n) is 4.36. The predicted octanol–water partition coefficient (Wildman–Crippen LogP) is 4.04. The summed E-state index contributed by atoms with van der Waals surface area (Å²) in [7, 11) is 0. The number of pyridine rings is 1. The molecule has 174 valence electrons. The fraction of sp³-hybridized carbons (Fsp3) is 0.321. The van der Waals surface area contributed by atoms with E-state index in [9.17, 15) is 9.59 Å². The van der Waals surface area contributed by atoms with E-state index in [2.05, 4.69) is 44.8 Å². The second kappa shape index (κ2) is 10.2. The number of rotatable bonds is 7. The van der Waals surface area contributed by atoms with Gasteiger partial charge >= 0.3 is 0 Å². The van der Waals surface area contributed by atoms with Crippen LogP contribution in [0.15, 0.2) is 72.9 Å². The quantitative estimate of drug-likeness (QED) is 0.565. The van der Waals surface area contributed by atoms with Crippen molar-refractivity contribution in [2.24, 2.45) is 0 Å². The highest BCUT2D eigenvalue weighted by Gasteiger charge is 2.24. The van der Waals surface area contributed by atoms with Crippen LogP contribution in [0.4, 0.5) is 0 Å². The lowest BCUT2D eigenvalue weighted by molar-refractivity contribution is 0.0907. The summed E-state index contributed by atoms with van der Waals surface area (Å²) in [6.45, 7) is 2.90. The van der Waals surface area contributed by atoms with Gasteiger partial charge in [-0.05, 0) is 55.5 Å². The lowest BCUT2D eigenvalue weighted by Crippen LogP contribution is -2.44. The summed E-state index contributed by atoms with van der Waals surface area (Å²) < 4.78 is 0. The normalized spacial score (nSPS) is 16.7. The Morgan fingerprint density at radius 1 is 0.794 bits per heavy atom. The van der Waals surface area contributed by atoms with Crippen molar-refractivity contribution in [3.8, 4) is 11.3 Å². The number of hydrogen-bond acceptors (Lipinski definition) is 4. The predicted molar refractivity (Wildman–Crippen MR) is 132 cm³/mol. The molecule has 0 spiro atoms. The summed E-state index contributed by atoms with van der Waals surface area (Å²) in [5, 5.41) is 6.20. The third kappa shape index (κ3) is 5.69. The van der Waals surface area contributed by atoms with Crippen LogP contribution in [-0.2, 0) is 6.54 Å². The van der Waals surface area contributed by atoms with E-state index in [-0.39, 0.29) is 17.9 Å². The third-order valence-corrected chi connectivity index (χ3v) is 6.55. The van der Waals surface area contributed by atoms with Gasteiger partial charge in [0.15, 0.2) is 0 Å². The van der Waals surface area contributed by atoms with E-state index in [0.717, 1.165) is 56.6 Å². The molecule has 1 aliphatic carbocycles. The van der Waals surface area contributed by atoms with Crippen LogP contribution in [0.2, 0.25) is 0 Å². The minimum atomic E-state index is -0.0643. The van der Waals surface area contributed by atoms with Gasteiger partial charge in [0.05, 0.1) is 5.69 Å². The molecule has 2 N–H and O–H groups in total. The van der Waals surface area contributed by atoms with Gasteiger partial charge in [-0.1, -0.05) is 42.5 Å². The van der Waals surface area contributed by atoms with Crippen molar-refractivity contribution < 1.29 is 9.59 Å². The van der Waals surface area contributed by atoms with E-state index in [1.807, 2.05) is 36.4 Å². The summed E-state index contributed by atoms with van der Waals surface area (Å²) >= 11 is 0. The number of hydrogen-bond donors (Lipinski definition) is 2. The molecule has 5 rings (SSSR count). The maximum Gasteiger partial charge on any atom is 0.251 e. The molecule has 34 heavy (non-hydrogen) atoms. The van der Waals surface area contributed by atoms with E-state index in [1.165, 1.54) is 5.56 Å². The maximum atomic E-state index is 12.9. The van der Waals surface area contributed by atoms with Gasteiger partial charge in [-0.25, -0.2) is 0 Å². The minimum absolute atomic E-state index is 0.0371. The zero-order chi connectivity index (χ0) is 23.3. The van der Waals surface area contributed by atoms with Gasteiger partial charge in [-0.15, -0.1) is 0 Å². The highest BCUT2D eigenvalue weighted by atomic mass is 16.2. The van der Waals surface area contributed by atoms with Crippen LogP contribution in [-0.4, -0.2) is 46.9 Å². The molecule has 2 fully saturated rings. The van der Waals surface area contributed by atoms with E-state index >= 15 is 0 Å². The van der Waals surface area contributed by atoms with Crippen molar-refractivity contribution in [1.82, 2.24) is 20.5 Å². The zero-order valence-corrected chi connectivity index (χ0v) is 19.2. The monoisotopic (exact) mass is 454 g/mol. The third-order valence-electron chi connectivity index (χ3n) is 6.55. The van der Waals surface area contributed by atoms with Crippen molar-refractivity contribution in [2.75, 3.05) is 13.1 Å². The fourth-order valence-corrected chi connectivity index (χ4v) is 4.36. The molecule has 1 aromatic heterocycles. The second-order valence-electron chi connectivity index (χ2n) is 9.26. The van der Waals surface area contributed by atoms with Crippen molar-refractivity contribution in [1.29, 1.82) is 0 Å². The number of carbonyl (C=O) groups is 2. The number of amides is 2. The molecular formula is C28H30N4O2. The number of aromatic nitrogens is 1. The molecule has 6 nitrogen and oxygen atoms in total. The number of nitrogens with one attached hydrogen (secondary N) is 2. The molecule has 0 radical (unpaired) electrons. The van der Waals surface area contributed by atoms with Crippen LogP contribution in [0.5, 0.6) is 0 Å². The molecule has 2 heterocycles. The summed E-state index contributed by atoms with van der Waals surface area (Å²) in [6, 6.07) is 22.0. The average Bonchev–Trinajstić information content (AvgIpc) is 3.70.